The van der Waals surface area contributed by atoms with Crippen molar-refractivity contribution in [3.8, 4) is 5.88 Å². The molecule has 0 fully saturated rings. The Morgan fingerprint density at radius 1 is 1.57 bits per heavy atom. The number of carbonyl (C=O) groups excluding carboxylic acids is 1. The second kappa shape index (κ2) is 7.08. The lowest BCUT2D eigenvalue weighted by molar-refractivity contribution is 0.0936. The molecule has 0 aliphatic rings. The zero-order valence-electron chi connectivity index (χ0n) is 11.9. The van der Waals surface area contributed by atoms with Crippen molar-refractivity contribution >= 4 is 17.5 Å². The van der Waals surface area contributed by atoms with E-state index in [0.717, 1.165) is 0 Å². The molecule has 0 saturated carbocycles. The van der Waals surface area contributed by atoms with Crippen molar-refractivity contribution < 1.29 is 9.53 Å². The van der Waals surface area contributed by atoms with E-state index in [-0.39, 0.29) is 11.9 Å². The van der Waals surface area contributed by atoms with E-state index in [1.165, 1.54) is 6.20 Å². The number of rotatable bonds is 6. The second-order valence-electron chi connectivity index (χ2n) is 4.58. The van der Waals surface area contributed by atoms with Crippen LogP contribution in [0.3, 0.4) is 0 Å². The average molecular weight is 309 g/mol. The van der Waals surface area contributed by atoms with Gasteiger partial charge in [0.05, 0.1) is 18.5 Å². The molecule has 6 nitrogen and oxygen atoms in total. The molecular formula is C14H17ClN4O2. The molecule has 2 aromatic rings. The number of hydrogen-bond donors (Lipinski definition) is 1. The van der Waals surface area contributed by atoms with Gasteiger partial charge >= 0.3 is 0 Å². The topological polar surface area (TPSA) is 69.0 Å². The molecule has 0 bridgehead atoms. The predicted molar refractivity (Wildman–Crippen MR) is 79.6 cm³/mol. The molecule has 0 aliphatic heterocycles. The summed E-state index contributed by atoms with van der Waals surface area (Å²) < 4.78 is 7.13. The number of imidazole rings is 1. The van der Waals surface area contributed by atoms with Crippen molar-refractivity contribution in [1.82, 2.24) is 19.9 Å². The summed E-state index contributed by atoms with van der Waals surface area (Å²) in [6, 6.07) is 1.51. The first-order valence-electron chi connectivity index (χ1n) is 6.65. The highest BCUT2D eigenvalue weighted by Gasteiger charge is 2.13. The van der Waals surface area contributed by atoms with Crippen molar-refractivity contribution in [2.24, 2.45) is 0 Å². The summed E-state index contributed by atoms with van der Waals surface area (Å²) in [5, 5.41) is 3.21. The van der Waals surface area contributed by atoms with Crippen molar-refractivity contribution in [2.75, 3.05) is 6.61 Å². The van der Waals surface area contributed by atoms with Crippen LogP contribution in [0.15, 0.2) is 31.0 Å². The molecule has 0 unspecified atom stereocenters. The largest absolute Gasteiger partial charge is 0.477 e. The number of pyridine rings is 1. The first-order valence-corrected chi connectivity index (χ1v) is 7.03. The van der Waals surface area contributed by atoms with E-state index in [1.807, 2.05) is 24.6 Å². The fourth-order valence-electron chi connectivity index (χ4n) is 1.86. The van der Waals surface area contributed by atoms with Crippen LogP contribution in [0.4, 0.5) is 0 Å². The first kappa shape index (κ1) is 15.3. The Morgan fingerprint density at radius 2 is 2.38 bits per heavy atom. The first-order chi connectivity index (χ1) is 10.1. The molecule has 2 rings (SSSR count). The third-order valence-electron chi connectivity index (χ3n) is 2.77. The maximum absolute atomic E-state index is 12.1. The zero-order chi connectivity index (χ0) is 15.2. The van der Waals surface area contributed by atoms with E-state index in [9.17, 15) is 4.79 Å². The summed E-state index contributed by atoms with van der Waals surface area (Å²) in [7, 11) is 0. The van der Waals surface area contributed by atoms with Crippen LogP contribution in [0.25, 0.3) is 0 Å². The van der Waals surface area contributed by atoms with Crippen LogP contribution in [0.5, 0.6) is 5.88 Å². The van der Waals surface area contributed by atoms with Gasteiger partial charge < -0.3 is 14.6 Å². The smallest absolute Gasteiger partial charge is 0.253 e. The SMILES string of the molecule is CCOc1ncc(C(=O)N[C@H](C)Cn2ccnc2)cc1Cl. The lowest BCUT2D eigenvalue weighted by Crippen LogP contribution is -2.35. The van der Waals surface area contributed by atoms with Crippen LogP contribution in [0.2, 0.25) is 5.02 Å². The van der Waals surface area contributed by atoms with E-state index < -0.39 is 0 Å². The van der Waals surface area contributed by atoms with E-state index >= 15 is 0 Å². The molecule has 1 amide bonds. The lowest BCUT2D eigenvalue weighted by Gasteiger charge is -2.14. The fraction of sp³-hybridized carbons (Fsp3) is 0.357. The monoisotopic (exact) mass is 308 g/mol. The van der Waals surface area contributed by atoms with Gasteiger partial charge in [-0.25, -0.2) is 9.97 Å². The third-order valence-corrected chi connectivity index (χ3v) is 3.04. The van der Waals surface area contributed by atoms with Crippen LogP contribution >= 0.6 is 11.6 Å². The average Bonchev–Trinajstić information content (AvgIpc) is 2.93. The third kappa shape index (κ3) is 4.19. The molecule has 1 N–H and O–H groups in total. The Hall–Kier alpha value is -2.08. The quantitative estimate of drug-likeness (QED) is 0.888. The van der Waals surface area contributed by atoms with Gasteiger partial charge in [-0.2, -0.15) is 0 Å². The van der Waals surface area contributed by atoms with Gasteiger partial charge in [-0.1, -0.05) is 11.6 Å². The molecule has 112 valence electrons. The van der Waals surface area contributed by atoms with Crippen LogP contribution in [-0.2, 0) is 6.54 Å². The van der Waals surface area contributed by atoms with Crippen LogP contribution in [0, 0.1) is 0 Å². The molecule has 7 heteroatoms. The maximum Gasteiger partial charge on any atom is 0.253 e. The van der Waals surface area contributed by atoms with Gasteiger partial charge in [0, 0.05) is 31.2 Å². The van der Waals surface area contributed by atoms with Gasteiger partial charge in [-0.3, -0.25) is 4.79 Å². The highest BCUT2D eigenvalue weighted by molar-refractivity contribution is 6.32. The van der Waals surface area contributed by atoms with Crippen molar-refractivity contribution in [3.63, 3.8) is 0 Å². The number of nitrogens with one attached hydrogen (secondary N) is 1. The molecule has 0 radical (unpaired) electrons. The molecule has 0 aromatic carbocycles. The van der Waals surface area contributed by atoms with Gasteiger partial charge in [0.2, 0.25) is 5.88 Å². The maximum atomic E-state index is 12.1. The Labute approximate surface area is 128 Å². The summed E-state index contributed by atoms with van der Waals surface area (Å²) in [6.07, 6.45) is 6.71. The number of nitrogens with zero attached hydrogens (tertiary/aromatic N) is 3. The van der Waals surface area contributed by atoms with Gasteiger partial charge in [-0.05, 0) is 19.9 Å². The summed E-state index contributed by atoms with van der Waals surface area (Å²) >= 11 is 6.02. The van der Waals surface area contributed by atoms with Gasteiger partial charge in [0.15, 0.2) is 0 Å². The minimum absolute atomic E-state index is 0.0444. The number of amides is 1. The van der Waals surface area contributed by atoms with E-state index in [4.69, 9.17) is 16.3 Å². The summed E-state index contributed by atoms with van der Waals surface area (Å²) in [5.41, 5.74) is 0.404. The lowest BCUT2D eigenvalue weighted by atomic mass is 10.2. The number of hydrogen-bond acceptors (Lipinski definition) is 4. The van der Waals surface area contributed by atoms with Crippen molar-refractivity contribution in [2.45, 2.75) is 26.4 Å². The number of carbonyl (C=O) groups is 1. The van der Waals surface area contributed by atoms with Crippen LogP contribution in [-0.4, -0.2) is 33.1 Å². The minimum Gasteiger partial charge on any atom is -0.477 e. The van der Waals surface area contributed by atoms with E-state index in [0.29, 0.717) is 29.6 Å². The van der Waals surface area contributed by atoms with Crippen LogP contribution in [0.1, 0.15) is 24.2 Å². The zero-order valence-corrected chi connectivity index (χ0v) is 12.7. The number of ether oxygens (including phenoxy) is 1. The Kier molecular flexibility index (Phi) is 5.16. The molecule has 2 aromatic heterocycles. The minimum atomic E-state index is -0.222. The standard InChI is InChI=1S/C14H17ClN4O2/c1-3-21-14-12(15)6-11(7-17-14)13(20)18-10(2)8-19-5-4-16-9-19/h4-7,9-10H,3,8H2,1-2H3,(H,18,20)/t10-/m1/s1. The normalized spacial score (nSPS) is 12.0. The van der Waals surface area contributed by atoms with Gasteiger partial charge in [0.25, 0.3) is 5.91 Å². The second-order valence-corrected chi connectivity index (χ2v) is 4.99. The summed E-state index contributed by atoms with van der Waals surface area (Å²) in [6.45, 7) is 4.88. The number of halogens is 1. The summed E-state index contributed by atoms with van der Waals surface area (Å²) in [5.74, 6) is 0.113. The van der Waals surface area contributed by atoms with Crippen molar-refractivity contribution in [1.29, 1.82) is 0 Å². The van der Waals surface area contributed by atoms with Gasteiger partial charge in [-0.15, -0.1) is 0 Å². The number of aromatic nitrogens is 3. The van der Waals surface area contributed by atoms with Gasteiger partial charge in [0.1, 0.15) is 5.02 Å². The highest BCUT2D eigenvalue weighted by Crippen LogP contribution is 2.22. The molecule has 21 heavy (non-hydrogen) atoms. The molecule has 0 saturated heterocycles. The molecular weight excluding hydrogens is 292 g/mol. The molecule has 0 aliphatic carbocycles. The molecule has 2 heterocycles. The molecule has 1 atom stereocenters. The predicted octanol–water partition coefficient (Wildman–Crippen LogP) is 2.15. The Balaban J connectivity index is 1.98. The summed E-state index contributed by atoms with van der Waals surface area (Å²) in [4.78, 5) is 20.1. The van der Waals surface area contributed by atoms with Crippen molar-refractivity contribution in [3.05, 3.63) is 41.6 Å². The van der Waals surface area contributed by atoms with Crippen LogP contribution < -0.4 is 10.1 Å². The molecule has 0 spiro atoms. The van der Waals surface area contributed by atoms with E-state index in [2.05, 4.69) is 15.3 Å². The Morgan fingerprint density at radius 3 is 3.00 bits per heavy atom. The Bertz CT molecular complexity index is 601. The highest BCUT2D eigenvalue weighted by atomic mass is 35.5. The van der Waals surface area contributed by atoms with E-state index in [1.54, 1.807) is 18.6 Å². The fourth-order valence-corrected chi connectivity index (χ4v) is 2.08.